The van der Waals surface area contributed by atoms with Gasteiger partial charge in [-0.1, -0.05) is 30.4 Å². The average molecular weight is 248 g/mol. The summed E-state index contributed by atoms with van der Waals surface area (Å²) in [5, 5.41) is -0.330. The van der Waals surface area contributed by atoms with Crippen molar-refractivity contribution in [3.05, 3.63) is 42.5 Å². The molecule has 2 fully saturated rings. The molecule has 90 valence electrons. The van der Waals surface area contributed by atoms with Gasteiger partial charge in [0, 0.05) is 0 Å². The van der Waals surface area contributed by atoms with Crippen molar-refractivity contribution in [1.29, 1.82) is 0 Å². The predicted octanol–water partition coefficient (Wildman–Crippen LogP) is 2.82. The molecular formula is C14H16O2S. The normalized spacial score (nSPS) is 32.0. The molecule has 0 aromatic heterocycles. The van der Waals surface area contributed by atoms with Crippen molar-refractivity contribution in [2.24, 2.45) is 11.8 Å². The zero-order chi connectivity index (χ0) is 12.0. The molecule has 0 N–H and O–H groups in total. The Morgan fingerprint density at radius 2 is 1.82 bits per heavy atom. The second kappa shape index (κ2) is 3.70. The van der Waals surface area contributed by atoms with Crippen LogP contribution in [-0.4, -0.2) is 13.7 Å². The van der Waals surface area contributed by atoms with Crippen LogP contribution in [0.1, 0.15) is 19.3 Å². The highest BCUT2D eigenvalue weighted by atomic mass is 32.2. The lowest BCUT2D eigenvalue weighted by atomic mass is 9.96. The summed E-state index contributed by atoms with van der Waals surface area (Å²) in [7, 11) is -3.22. The fourth-order valence-electron chi connectivity index (χ4n) is 3.37. The van der Waals surface area contributed by atoms with E-state index >= 15 is 0 Å². The molecule has 0 heterocycles. The van der Waals surface area contributed by atoms with Gasteiger partial charge < -0.3 is 0 Å². The first-order chi connectivity index (χ1) is 8.10. The van der Waals surface area contributed by atoms with E-state index in [0.717, 1.165) is 24.8 Å². The van der Waals surface area contributed by atoms with E-state index in [2.05, 4.69) is 6.58 Å². The predicted molar refractivity (Wildman–Crippen MR) is 67.4 cm³/mol. The van der Waals surface area contributed by atoms with Crippen LogP contribution in [0.25, 0.3) is 0 Å². The standard InChI is InChI=1S/C14H16O2S/c1-10-11-7-8-12(9-11)14(10)17(15,16)13-5-3-2-4-6-13/h2-6,11-12,14H,1,7-9H2. The maximum Gasteiger partial charge on any atom is 0.185 e. The third-order valence-corrected chi connectivity index (χ3v) is 6.48. The number of rotatable bonds is 2. The molecule has 17 heavy (non-hydrogen) atoms. The second-order valence-electron chi connectivity index (χ2n) is 5.12. The fraction of sp³-hybridized carbons (Fsp3) is 0.429. The lowest BCUT2D eigenvalue weighted by Gasteiger charge is -2.24. The van der Waals surface area contributed by atoms with Gasteiger partial charge in [-0.2, -0.15) is 0 Å². The largest absolute Gasteiger partial charge is 0.223 e. The van der Waals surface area contributed by atoms with E-state index < -0.39 is 9.84 Å². The third kappa shape index (κ3) is 1.56. The maximum absolute atomic E-state index is 12.6. The lowest BCUT2D eigenvalue weighted by Crippen LogP contribution is -2.29. The summed E-state index contributed by atoms with van der Waals surface area (Å²) in [4.78, 5) is 0.443. The third-order valence-electron chi connectivity index (χ3n) is 4.20. The summed E-state index contributed by atoms with van der Waals surface area (Å²) in [6, 6.07) is 8.78. The number of benzene rings is 1. The molecular weight excluding hydrogens is 232 g/mol. The van der Waals surface area contributed by atoms with Gasteiger partial charge in [-0.3, -0.25) is 0 Å². The van der Waals surface area contributed by atoms with E-state index in [-0.39, 0.29) is 5.25 Å². The van der Waals surface area contributed by atoms with Crippen LogP contribution in [0.3, 0.4) is 0 Å². The highest BCUT2D eigenvalue weighted by molar-refractivity contribution is 7.92. The SMILES string of the molecule is C=C1C2CCC(C2)C1S(=O)(=O)c1ccccc1. The molecule has 3 unspecified atom stereocenters. The van der Waals surface area contributed by atoms with E-state index in [1.54, 1.807) is 24.3 Å². The molecule has 2 aliphatic rings. The zero-order valence-electron chi connectivity index (χ0n) is 9.67. The van der Waals surface area contributed by atoms with Crippen LogP contribution >= 0.6 is 0 Å². The summed E-state index contributed by atoms with van der Waals surface area (Å²) >= 11 is 0. The van der Waals surface area contributed by atoms with E-state index in [9.17, 15) is 8.42 Å². The van der Waals surface area contributed by atoms with Crippen LogP contribution in [-0.2, 0) is 9.84 Å². The Balaban J connectivity index is 2.03. The zero-order valence-corrected chi connectivity index (χ0v) is 10.5. The number of fused-ring (bicyclic) bond motifs is 2. The Morgan fingerprint density at radius 1 is 1.12 bits per heavy atom. The minimum Gasteiger partial charge on any atom is -0.223 e. The van der Waals surface area contributed by atoms with Crippen LogP contribution in [0.4, 0.5) is 0 Å². The van der Waals surface area contributed by atoms with Gasteiger partial charge in [0.1, 0.15) is 0 Å². The summed E-state index contributed by atoms with van der Waals surface area (Å²) in [6.07, 6.45) is 3.19. The minimum atomic E-state index is -3.22. The summed E-state index contributed by atoms with van der Waals surface area (Å²) < 4.78 is 25.1. The monoisotopic (exact) mass is 248 g/mol. The maximum atomic E-state index is 12.6. The highest BCUT2D eigenvalue weighted by Gasteiger charge is 2.49. The number of sulfone groups is 1. The van der Waals surface area contributed by atoms with E-state index in [1.165, 1.54) is 0 Å². The Bertz CT molecular complexity index is 545. The van der Waals surface area contributed by atoms with Gasteiger partial charge in [0.25, 0.3) is 0 Å². The molecule has 1 aromatic rings. The Kier molecular flexibility index (Phi) is 2.40. The van der Waals surface area contributed by atoms with Gasteiger partial charge in [-0.15, -0.1) is 0 Å². The molecule has 2 bridgehead atoms. The van der Waals surface area contributed by atoms with Crippen molar-refractivity contribution < 1.29 is 8.42 Å². The number of hydrogen-bond acceptors (Lipinski definition) is 2. The summed E-state index contributed by atoms with van der Waals surface area (Å²) in [5.41, 5.74) is 0.949. The molecule has 2 aliphatic carbocycles. The molecule has 0 radical (unpaired) electrons. The van der Waals surface area contributed by atoms with Crippen molar-refractivity contribution >= 4 is 9.84 Å². The van der Waals surface area contributed by atoms with E-state index in [1.807, 2.05) is 6.07 Å². The van der Waals surface area contributed by atoms with Crippen LogP contribution in [0.2, 0.25) is 0 Å². The van der Waals surface area contributed by atoms with Crippen LogP contribution in [0.5, 0.6) is 0 Å². The molecule has 3 atom stereocenters. The van der Waals surface area contributed by atoms with Crippen LogP contribution < -0.4 is 0 Å². The second-order valence-corrected chi connectivity index (χ2v) is 7.19. The Morgan fingerprint density at radius 3 is 2.41 bits per heavy atom. The molecule has 2 saturated carbocycles. The molecule has 0 saturated heterocycles. The first-order valence-corrected chi connectivity index (χ1v) is 7.63. The molecule has 1 aromatic carbocycles. The van der Waals surface area contributed by atoms with Crippen LogP contribution in [0, 0.1) is 11.8 Å². The molecule has 3 heteroatoms. The van der Waals surface area contributed by atoms with Crippen LogP contribution in [0.15, 0.2) is 47.4 Å². The topological polar surface area (TPSA) is 34.1 Å². The smallest absolute Gasteiger partial charge is 0.185 e. The summed E-state index contributed by atoms with van der Waals surface area (Å²) in [5.74, 6) is 0.751. The Labute approximate surface area is 102 Å². The molecule has 2 nitrogen and oxygen atoms in total. The first kappa shape index (κ1) is 11.0. The van der Waals surface area contributed by atoms with Crippen molar-refractivity contribution in [3.63, 3.8) is 0 Å². The van der Waals surface area contributed by atoms with Gasteiger partial charge in [-0.25, -0.2) is 8.42 Å². The van der Waals surface area contributed by atoms with Crippen molar-refractivity contribution in [2.75, 3.05) is 0 Å². The molecule has 0 aliphatic heterocycles. The summed E-state index contributed by atoms with van der Waals surface area (Å²) in [6.45, 7) is 4.03. The first-order valence-electron chi connectivity index (χ1n) is 6.08. The fourth-order valence-corrected chi connectivity index (χ4v) is 5.55. The average Bonchev–Trinajstić information content (AvgIpc) is 2.90. The van der Waals surface area contributed by atoms with Gasteiger partial charge >= 0.3 is 0 Å². The number of hydrogen-bond donors (Lipinski definition) is 0. The van der Waals surface area contributed by atoms with Gasteiger partial charge in [0.15, 0.2) is 9.84 Å². The molecule has 3 rings (SSSR count). The van der Waals surface area contributed by atoms with Crippen molar-refractivity contribution in [3.8, 4) is 0 Å². The lowest BCUT2D eigenvalue weighted by molar-refractivity contribution is 0.523. The van der Waals surface area contributed by atoms with E-state index in [4.69, 9.17) is 0 Å². The molecule has 0 amide bonds. The quantitative estimate of drug-likeness (QED) is 0.754. The van der Waals surface area contributed by atoms with Gasteiger partial charge in [0.05, 0.1) is 10.1 Å². The highest BCUT2D eigenvalue weighted by Crippen LogP contribution is 2.51. The molecule has 0 spiro atoms. The van der Waals surface area contributed by atoms with Gasteiger partial charge in [-0.05, 0) is 43.2 Å². The van der Waals surface area contributed by atoms with E-state index in [0.29, 0.717) is 16.7 Å². The Hall–Kier alpha value is -1.09. The minimum absolute atomic E-state index is 0.303. The van der Waals surface area contributed by atoms with Crippen molar-refractivity contribution in [1.82, 2.24) is 0 Å². The van der Waals surface area contributed by atoms with Crippen molar-refractivity contribution in [2.45, 2.75) is 29.4 Å². The van der Waals surface area contributed by atoms with Gasteiger partial charge in [0.2, 0.25) is 0 Å².